The van der Waals surface area contributed by atoms with Crippen molar-refractivity contribution in [2.24, 2.45) is 0 Å². The summed E-state index contributed by atoms with van der Waals surface area (Å²) in [5, 5.41) is 4.60. The van der Waals surface area contributed by atoms with E-state index < -0.39 is 0 Å². The molecule has 0 saturated carbocycles. The lowest BCUT2D eigenvalue weighted by atomic mass is 10.3. The van der Waals surface area contributed by atoms with Gasteiger partial charge in [-0.05, 0) is 0 Å². The van der Waals surface area contributed by atoms with Crippen LogP contribution in [-0.4, -0.2) is 46.1 Å². The molecular weight excluding hydrogens is 298 g/mol. The lowest BCUT2D eigenvalue weighted by Gasteiger charge is -2.33. The molecule has 110 valence electrons. The first kappa shape index (κ1) is 15.2. The smallest absolute Gasteiger partial charge is 0.180 e. The first-order valence-electron chi connectivity index (χ1n) is 6.34. The van der Waals surface area contributed by atoms with Gasteiger partial charge in [0.05, 0.1) is 5.69 Å². The average Bonchev–Trinajstić information content (AvgIpc) is 3.04. The van der Waals surface area contributed by atoms with Gasteiger partial charge in [-0.2, -0.15) is 0 Å². The predicted octanol–water partition coefficient (Wildman–Crippen LogP) is 1.45. The molecule has 6 nitrogen and oxygen atoms in total. The highest BCUT2D eigenvalue weighted by Crippen LogP contribution is 2.17. The molecule has 2 aromatic heterocycles. The molecule has 0 unspecified atom stereocenters. The lowest BCUT2D eigenvalue weighted by Crippen LogP contribution is -2.45. The average molecular weight is 316 g/mol. The Bertz CT molecular complexity index is 510. The first-order chi connectivity index (χ1) is 9.29. The van der Waals surface area contributed by atoms with Crippen LogP contribution in [0.4, 0.5) is 5.13 Å². The summed E-state index contributed by atoms with van der Waals surface area (Å²) in [6.45, 7) is 6.07. The van der Waals surface area contributed by atoms with Gasteiger partial charge in [0.15, 0.2) is 5.13 Å². The second-order valence-corrected chi connectivity index (χ2v) is 5.85. The third kappa shape index (κ3) is 3.92. The van der Waals surface area contributed by atoms with Gasteiger partial charge in [-0.15, -0.1) is 23.7 Å². The number of piperazine rings is 1. The molecule has 8 heteroatoms. The topological polar surface area (TPSA) is 71.4 Å². The number of hydrogen-bond donors (Lipinski definition) is 1. The number of aromatic nitrogens is 2. The van der Waals surface area contributed by atoms with Crippen LogP contribution in [0.3, 0.4) is 0 Å². The second kappa shape index (κ2) is 7.03. The summed E-state index contributed by atoms with van der Waals surface area (Å²) in [7, 11) is 0. The zero-order valence-electron chi connectivity index (χ0n) is 11.1. The minimum absolute atomic E-state index is 0. The number of nitrogens with two attached hydrogens (primary N) is 1. The molecule has 20 heavy (non-hydrogen) atoms. The molecule has 0 atom stereocenters. The summed E-state index contributed by atoms with van der Waals surface area (Å²) in [5.74, 6) is 0. The van der Waals surface area contributed by atoms with Crippen LogP contribution in [0.5, 0.6) is 0 Å². The van der Waals surface area contributed by atoms with Crippen molar-refractivity contribution >= 4 is 28.9 Å². The van der Waals surface area contributed by atoms with E-state index in [0.717, 1.165) is 45.0 Å². The van der Waals surface area contributed by atoms with Gasteiger partial charge in [-0.3, -0.25) is 9.80 Å². The van der Waals surface area contributed by atoms with Crippen LogP contribution in [0.1, 0.15) is 10.6 Å². The zero-order valence-corrected chi connectivity index (χ0v) is 12.7. The van der Waals surface area contributed by atoms with Crippen molar-refractivity contribution in [1.29, 1.82) is 0 Å². The Hall–Kier alpha value is -1.15. The van der Waals surface area contributed by atoms with Gasteiger partial charge in [-0.25, -0.2) is 4.98 Å². The Morgan fingerprint density at radius 1 is 1.20 bits per heavy atom. The molecule has 1 fully saturated rings. The Kier molecular flexibility index (Phi) is 5.36. The predicted molar refractivity (Wildman–Crippen MR) is 80.8 cm³/mol. The molecular formula is C12H18ClN5OS. The van der Waals surface area contributed by atoms with E-state index in [-0.39, 0.29) is 12.4 Å². The highest BCUT2D eigenvalue weighted by atomic mass is 35.5. The summed E-state index contributed by atoms with van der Waals surface area (Å²) >= 11 is 1.57. The van der Waals surface area contributed by atoms with E-state index >= 15 is 0 Å². The summed E-state index contributed by atoms with van der Waals surface area (Å²) in [6.07, 6.45) is 3.50. The number of nitrogens with zero attached hydrogens (tertiary/aromatic N) is 4. The highest BCUT2D eigenvalue weighted by molar-refractivity contribution is 7.15. The summed E-state index contributed by atoms with van der Waals surface area (Å²) in [5.41, 5.74) is 6.65. The Morgan fingerprint density at radius 2 is 1.90 bits per heavy atom. The fourth-order valence-corrected chi connectivity index (χ4v) is 3.00. The number of rotatable bonds is 4. The molecule has 3 heterocycles. The van der Waals surface area contributed by atoms with E-state index in [9.17, 15) is 0 Å². The normalized spacial score (nSPS) is 17.0. The molecule has 0 amide bonds. The van der Waals surface area contributed by atoms with Gasteiger partial charge in [0.25, 0.3) is 0 Å². The van der Waals surface area contributed by atoms with Crippen molar-refractivity contribution in [3.05, 3.63) is 29.1 Å². The van der Waals surface area contributed by atoms with E-state index in [1.54, 1.807) is 17.6 Å². The van der Waals surface area contributed by atoms with Gasteiger partial charge in [-0.1, -0.05) is 5.16 Å². The second-order valence-electron chi connectivity index (χ2n) is 4.71. The molecule has 0 radical (unpaired) electrons. The number of halogens is 1. The van der Waals surface area contributed by atoms with Crippen molar-refractivity contribution in [2.45, 2.75) is 13.1 Å². The molecule has 2 N–H and O–H groups in total. The number of hydrogen-bond acceptors (Lipinski definition) is 7. The van der Waals surface area contributed by atoms with Crippen LogP contribution in [0.15, 0.2) is 23.0 Å². The van der Waals surface area contributed by atoms with E-state index in [4.69, 9.17) is 10.3 Å². The minimum Gasteiger partial charge on any atom is -0.375 e. The number of thiazole rings is 1. The van der Waals surface area contributed by atoms with E-state index in [1.807, 2.05) is 12.3 Å². The Balaban J connectivity index is 0.00000147. The van der Waals surface area contributed by atoms with Gasteiger partial charge in [0, 0.05) is 56.4 Å². The van der Waals surface area contributed by atoms with Crippen LogP contribution < -0.4 is 5.73 Å². The molecule has 1 aliphatic rings. The lowest BCUT2D eigenvalue weighted by molar-refractivity contribution is 0.120. The SMILES string of the molecule is Cl.Nc1ncc(CN2CCN(Cc3ccon3)CC2)s1. The monoisotopic (exact) mass is 315 g/mol. The quantitative estimate of drug-likeness (QED) is 0.921. The van der Waals surface area contributed by atoms with Crippen LogP contribution in [0.25, 0.3) is 0 Å². The number of nitrogen functional groups attached to an aromatic ring is 1. The Labute approximate surface area is 128 Å². The van der Waals surface area contributed by atoms with Crippen molar-refractivity contribution in [2.75, 3.05) is 31.9 Å². The molecule has 3 rings (SSSR count). The van der Waals surface area contributed by atoms with Gasteiger partial charge in [0.1, 0.15) is 6.26 Å². The molecule has 1 aliphatic heterocycles. The van der Waals surface area contributed by atoms with Gasteiger partial charge >= 0.3 is 0 Å². The molecule has 0 aliphatic carbocycles. The standard InChI is InChI=1S/C12H17N5OS.ClH/c13-12-14-7-11(19-12)9-17-4-2-16(3-5-17)8-10-1-6-18-15-10;/h1,6-7H,2-5,8-9H2,(H2,13,14);1H. The maximum Gasteiger partial charge on any atom is 0.180 e. The van der Waals surface area contributed by atoms with E-state index in [2.05, 4.69) is 19.9 Å². The third-order valence-corrected chi connectivity index (χ3v) is 4.10. The van der Waals surface area contributed by atoms with Crippen molar-refractivity contribution < 1.29 is 4.52 Å². The van der Waals surface area contributed by atoms with Gasteiger partial charge in [0.2, 0.25) is 0 Å². The fraction of sp³-hybridized carbons (Fsp3) is 0.500. The largest absolute Gasteiger partial charge is 0.375 e. The van der Waals surface area contributed by atoms with Crippen LogP contribution in [0.2, 0.25) is 0 Å². The van der Waals surface area contributed by atoms with Crippen molar-refractivity contribution in [1.82, 2.24) is 19.9 Å². The first-order valence-corrected chi connectivity index (χ1v) is 7.15. The fourth-order valence-electron chi connectivity index (χ4n) is 2.27. The molecule has 0 bridgehead atoms. The van der Waals surface area contributed by atoms with Crippen LogP contribution in [-0.2, 0) is 13.1 Å². The zero-order chi connectivity index (χ0) is 13.1. The Morgan fingerprint density at radius 3 is 2.45 bits per heavy atom. The van der Waals surface area contributed by atoms with Crippen molar-refractivity contribution in [3.63, 3.8) is 0 Å². The maximum absolute atomic E-state index is 5.65. The minimum atomic E-state index is 0. The van der Waals surface area contributed by atoms with E-state index in [1.165, 1.54) is 4.88 Å². The molecule has 0 spiro atoms. The van der Waals surface area contributed by atoms with Crippen LogP contribution in [0, 0.1) is 0 Å². The molecule has 1 saturated heterocycles. The van der Waals surface area contributed by atoms with Gasteiger partial charge < -0.3 is 10.3 Å². The maximum atomic E-state index is 5.65. The summed E-state index contributed by atoms with van der Waals surface area (Å²) in [4.78, 5) is 10.2. The highest BCUT2D eigenvalue weighted by Gasteiger charge is 2.18. The van der Waals surface area contributed by atoms with Crippen molar-refractivity contribution in [3.8, 4) is 0 Å². The summed E-state index contributed by atoms with van der Waals surface area (Å²) in [6, 6.07) is 1.92. The molecule has 2 aromatic rings. The molecule has 0 aromatic carbocycles. The van der Waals surface area contributed by atoms with Crippen LogP contribution >= 0.6 is 23.7 Å². The summed E-state index contributed by atoms with van der Waals surface area (Å²) < 4.78 is 4.85. The number of anilines is 1. The third-order valence-electron chi connectivity index (χ3n) is 3.29. The van der Waals surface area contributed by atoms with E-state index in [0.29, 0.717) is 5.13 Å².